The maximum atomic E-state index is 12.6. The molecule has 3 rings (SSSR count). The minimum absolute atomic E-state index is 0.0166. The number of benzene rings is 2. The van der Waals surface area contributed by atoms with Gasteiger partial charge in [0.25, 0.3) is 10.0 Å². The molecule has 0 bridgehead atoms. The van der Waals surface area contributed by atoms with Crippen molar-refractivity contribution in [3.05, 3.63) is 50.9 Å². The second-order valence-corrected chi connectivity index (χ2v) is 9.38. The quantitative estimate of drug-likeness (QED) is 0.606. The highest BCUT2D eigenvalue weighted by Gasteiger charge is 2.19. The third-order valence-electron chi connectivity index (χ3n) is 4.04. The summed E-state index contributed by atoms with van der Waals surface area (Å²) in [4.78, 5) is -0.0166. The molecule has 0 radical (unpaired) electrons. The summed E-state index contributed by atoms with van der Waals surface area (Å²) in [5, 5.41) is 2.59. The molecule has 0 atom stereocenters. The first kappa shape index (κ1) is 19.8. The number of hydrogen-bond acceptors (Lipinski definition) is 4. The average Bonchev–Trinajstić information content (AvgIpc) is 2.58. The van der Waals surface area contributed by atoms with Gasteiger partial charge >= 0.3 is 0 Å². The van der Waals surface area contributed by atoms with Crippen molar-refractivity contribution in [3.63, 3.8) is 0 Å². The highest BCUT2D eigenvalue weighted by Crippen LogP contribution is 2.30. The van der Waals surface area contributed by atoms with Crippen LogP contribution >= 0.6 is 39.1 Å². The number of halogens is 3. The predicted octanol–water partition coefficient (Wildman–Crippen LogP) is 5.37. The van der Waals surface area contributed by atoms with Gasteiger partial charge in [-0.1, -0.05) is 29.6 Å². The lowest BCUT2D eigenvalue weighted by Crippen LogP contribution is -2.34. The van der Waals surface area contributed by atoms with Crippen LogP contribution in [0.5, 0.6) is 0 Å². The molecule has 1 saturated heterocycles. The standard InChI is InChI=1S/C17H18BrCl2N3O2S/c18-14-6-5-13(11-16(14)21-23-8-2-1-3-9-23)22-26(24,25)17-7-4-12(19)10-15(17)20/h4-7,10-11,21-22H,1-3,8-9H2. The van der Waals surface area contributed by atoms with Crippen molar-refractivity contribution in [2.24, 2.45) is 0 Å². The molecule has 0 amide bonds. The predicted molar refractivity (Wildman–Crippen MR) is 110 cm³/mol. The number of sulfonamides is 1. The molecule has 26 heavy (non-hydrogen) atoms. The highest BCUT2D eigenvalue weighted by atomic mass is 79.9. The highest BCUT2D eigenvalue weighted by molar-refractivity contribution is 9.10. The third kappa shape index (κ3) is 4.84. The molecule has 0 aromatic heterocycles. The van der Waals surface area contributed by atoms with E-state index in [-0.39, 0.29) is 9.92 Å². The van der Waals surface area contributed by atoms with E-state index in [9.17, 15) is 8.42 Å². The number of anilines is 2. The van der Waals surface area contributed by atoms with Gasteiger partial charge in [0.05, 0.1) is 16.4 Å². The van der Waals surface area contributed by atoms with Crippen molar-refractivity contribution in [3.8, 4) is 0 Å². The van der Waals surface area contributed by atoms with E-state index in [0.29, 0.717) is 10.7 Å². The summed E-state index contributed by atoms with van der Waals surface area (Å²) in [6, 6.07) is 9.52. The second kappa shape index (κ2) is 8.35. The average molecular weight is 479 g/mol. The Morgan fingerprint density at radius 1 is 1.00 bits per heavy atom. The van der Waals surface area contributed by atoms with E-state index in [4.69, 9.17) is 23.2 Å². The van der Waals surface area contributed by atoms with Gasteiger partial charge in [-0.05, 0) is 65.2 Å². The summed E-state index contributed by atoms with van der Waals surface area (Å²) < 4.78 is 28.7. The summed E-state index contributed by atoms with van der Waals surface area (Å²) in [5.74, 6) is 0. The maximum absolute atomic E-state index is 12.6. The van der Waals surface area contributed by atoms with E-state index in [0.717, 1.165) is 36.1 Å². The Labute approximate surface area is 171 Å². The maximum Gasteiger partial charge on any atom is 0.263 e. The first-order valence-corrected chi connectivity index (χ1v) is 11.2. The molecule has 1 heterocycles. The number of piperidine rings is 1. The molecule has 0 spiro atoms. The molecule has 140 valence electrons. The minimum atomic E-state index is -3.82. The van der Waals surface area contributed by atoms with Crippen LogP contribution < -0.4 is 10.1 Å². The second-order valence-electron chi connectivity index (χ2n) is 6.03. The lowest BCUT2D eigenvalue weighted by Gasteiger charge is -2.28. The van der Waals surface area contributed by atoms with Gasteiger partial charge < -0.3 is 5.43 Å². The summed E-state index contributed by atoms with van der Waals surface area (Å²) >= 11 is 15.4. The van der Waals surface area contributed by atoms with E-state index in [1.807, 2.05) is 0 Å². The fraction of sp³-hybridized carbons (Fsp3) is 0.294. The molecule has 1 aliphatic rings. The molecule has 2 aromatic carbocycles. The largest absolute Gasteiger partial charge is 0.318 e. The van der Waals surface area contributed by atoms with Gasteiger partial charge in [0.2, 0.25) is 0 Å². The number of rotatable bonds is 5. The summed E-state index contributed by atoms with van der Waals surface area (Å²) in [7, 11) is -3.82. The molecular formula is C17H18BrCl2N3O2S. The first-order valence-electron chi connectivity index (χ1n) is 8.14. The number of hydrazine groups is 1. The van der Waals surface area contributed by atoms with Gasteiger partial charge in [0, 0.05) is 22.6 Å². The molecule has 2 N–H and O–H groups in total. The fourth-order valence-electron chi connectivity index (χ4n) is 2.75. The van der Waals surface area contributed by atoms with Crippen molar-refractivity contribution in [2.75, 3.05) is 23.2 Å². The van der Waals surface area contributed by atoms with Gasteiger partial charge in [-0.15, -0.1) is 0 Å². The van der Waals surface area contributed by atoms with Crippen molar-refractivity contribution < 1.29 is 8.42 Å². The molecule has 9 heteroatoms. The molecule has 1 fully saturated rings. The van der Waals surface area contributed by atoms with Crippen LogP contribution in [0.25, 0.3) is 0 Å². The minimum Gasteiger partial charge on any atom is -0.318 e. The van der Waals surface area contributed by atoms with Gasteiger partial charge in [0.15, 0.2) is 0 Å². The van der Waals surface area contributed by atoms with Crippen LogP contribution in [0.1, 0.15) is 19.3 Å². The normalized spacial score (nSPS) is 15.7. The molecule has 2 aromatic rings. The van der Waals surface area contributed by atoms with Crippen LogP contribution in [-0.2, 0) is 10.0 Å². The molecule has 0 aliphatic carbocycles. The zero-order chi connectivity index (χ0) is 18.7. The lowest BCUT2D eigenvalue weighted by molar-refractivity contribution is 0.273. The van der Waals surface area contributed by atoms with Gasteiger partial charge in [-0.25, -0.2) is 13.4 Å². The van der Waals surface area contributed by atoms with Crippen LogP contribution in [0.4, 0.5) is 11.4 Å². The monoisotopic (exact) mass is 477 g/mol. The van der Waals surface area contributed by atoms with Crippen LogP contribution in [0, 0.1) is 0 Å². The fourth-order valence-corrected chi connectivity index (χ4v) is 4.91. The Morgan fingerprint density at radius 3 is 2.42 bits per heavy atom. The Hall–Kier alpha value is -0.990. The van der Waals surface area contributed by atoms with E-state index in [2.05, 4.69) is 31.1 Å². The zero-order valence-corrected chi connectivity index (χ0v) is 17.7. The van der Waals surface area contributed by atoms with Crippen LogP contribution in [0.2, 0.25) is 10.0 Å². The summed E-state index contributed by atoms with van der Waals surface area (Å²) in [5.41, 5.74) is 4.59. The Kier molecular flexibility index (Phi) is 6.35. The van der Waals surface area contributed by atoms with Crippen molar-refractivity contribution in [1.29, 1.82) is 0 Å². The van der Waals surface area contributed by atoms with E-state index in [1.165, 1.54) is 24.6 Å². The summed E-state index contributed by atoms with van der Waals surface area (Å²) in [6.07, 6.45) is 3.53. The Balaban J connectivity index is 1.81. The van der Waals surface area contributed by atoms with Gasteiger partial charge in [-0.3, -0.25) is 4.72 Å². The van der Waals surface area contributed by atoms with E-state index in [1.54, 1.807) is 18.2 Å². The smallest absolute Gasteiger partial charge is 0.263 e. The third-order valence-corrected chi connectivity index (χ3v) is 6.83. The number of nitrogens with zero attached hydrogens (tertiary/aromatic N) is 1. The van der Waals surface area contributed by atoms with Crippen molar-refractivity contribution in [2.45, 2.75) is 24.2 Å². The van der Waals surface area contributed by atoms with Crippen LogP contribution in [0.3, 0.4) is 0 Å². The molecule has 0 unspecified atom stereocenters. The number of hydrogen-bond donors (Lipinski definition) is 2. The van der Waals surface area contributed by atoms with Crippen LogP contribution in [-0.4, -0.2) is 26.5 Å². The van der Waals surface area contributed by atoms with E-state index < -0.39 is 10.0 Å². The summed E-state index contributed by atoms with van der Waals surface area (Å²) in [6.45, 7) is 1.92. The SMILES string of the molecule is O=S(=O)(Nc1ccc(Br)c(NN2CCCCC2)c1)c1ccc(Cl)cc1Cl. The van der Waals surface area contributed by atoms with Crippen molar-refractivity contribution in [1.82, 2.24) is 5.01 Å². The van der Waals surface area contributed by atoms with Gasteiger partial charge in [0.1, 0.15) is 4.90 Å². The Bertz CT molecular complexity index is 903. The molecular weight excluding hydrogens is 461 g/mol. The van der Waals surface area contributed by atoms with Crippen molar-refractivity contribution >= 4 is 60.5 Å². The zero-order valence-electron chi connectivity index (χ0n) is 13.8. The first-order chi connectivity index (χ1) is 12.3. The molecule has 0 saturated carbocycles. The van der Waals surface area contributed by atoms with Gasteiger partial charge in [-0.2, -0.15) is 0 Å². The van der Waals surface area contributed by atoms with E-state index >= 15 is 0 Å². The molecule has 1 aliphatic heterocycles. The number of nitrogens with one attached hydrogen (secondary N) is 2. The Morgan fingerprint density at radius 2 is 1.73 bits per heavy atom. The molecule has 5 nitrogen and oxygen atoms in total. The van der Waals surface area contributed by atoms with Crippen LogP contribution in [0.15, 0.2) is 45.8 Å². The lowest BCUT2D eigenvalue weighted by atomic mass is 10.2. The topological polar surface area (TPSA) is 61.4 Å².